The molecule has 4 N–H and O–H groups in total. The summed E-state index contributed by atoms with van der Waals surface area (Å²) in [7, 11) is 0. The predicted octanol–water partition coefficient (Wildman–Crippen LogP) is 2.73. The molecule has 1 aromatic rings. The minimum Gasteiger partial charge on any atom is -0.481 e. The molecule has 7 heteroatoms. The van der Waals surface area contributed by atoms with Crippen molar-refractivity contribution >= 4 is 23.6 Å². The fourth-order valence-electron chi connectivity index (χ4n) is 3.13. The molecule has 0 heterocycles. The summed E-state index contributed by atoms with van der Waals surface area (Å²) < 4.78 is 0. The molecule has 1 fully saturated rings. The molecule has 0 radical (unpaired) electrons. The van der Waals surface area contributed by atoms with Crippen molar-refractivity contribution in [2.75, 3.05) is 5.32 Å². The number of aliphatic carboxylic acids is 1. The molecule has 1 saturated carbocycles. The van der Waals surface area contributed by atoms with Crippen molar-refractivity contribution in [2.45, 2.75) is 57.5 Å². The lowest BCUT2D eigenvalue weighted by Crippen LogP contribution is -2.47. The maximum Gasteiger partial charge on any atom is 0.319 e. The van der Waals surface area contributed by atoms with E-state index >= 15 is 0 Å². The average molecular weight is 347 g/mol. The Kier molecular flexibility index (Phi) is 6.01. The number of hydrogen-bond donors (Lipinski definition) is 4. The Balaban J connectivity index is 2.00. The molecule has 0 aromatic heterocycles. The van der Waals surface area contributed by atoms with Gasteiger partial charge >= 0.3 is 12.0 Å². The van der Waals surface area contributed by atoms with Gasteiger partial charge in [-0.1, -0.05) is 12.8 Å². The van der Waals surface area contributed by atoms with Crippen LogP contribution in [0.15, 0.2) is 24.3 Å². The van der Waals surface area contributed by atoms with Crippen LogP contribution in [0.1, 0.15) is 56.3 Å². The maximum absolute atomic E-state index is 12.5. The Labute approximate surface area is 147 Å². The molecular weight excluding hydrogens is 322 g/mol. The topological polar surface area (TPSA) is 108 Å². The summed E-state index contributed by atoms with van der Waals surface area (Å²) in [4.78, 5) is 35.2. The second kappa shape index (κ2) is 8.00. The zero-order valence-corrected chi connectivity index (χ0v) is 14.6. The van der Waals surface area contributed by atoms with Gasteiger partial charge in [0.1, 0.15) is 0 Å². The van der Waals surface area contributed by atoms with Gasteiger partial charge in [-0.25, -0.2) is 4.79 Å². The summed E-state index contributed by atoms with van der Waals surface area (Å²) in [6.45, 7) is 3.73. The molecule has 136 valence electrons. The third-order valence-corrected chi connectivity index (χ3v) is 4.25. The van der Waals surface area contributed by atoms with Crippen molar-refractivity contribution in [3.8, 4) is 0 Å². The van der Waals surface area contributed by atoms with Crippen LogP contribution >= 0.6 is 0 Å². The SMILES string of the molecule is CC(C)NC(=O)Nc1ccc(C(=O)NC2(CC(=O)O)CCCC2)cc1. The highest BCUT2D eigenvalue weighted by Gasteiger charge is 2.37. The summed E-state index contributed by atoms with van der Waals surface area (Å²) in [6.07, 6.45) is 3.14. The van der Waals surface area contributed by atoms with Crippen LogP contribution in [0.5, 0.6) is 0 Å². The van der Waals surface area contributed by atoms with E-state index in [1.165, 1.54) is 0 Å². The fraction of sp³-hybridized carbons (Fsp3) is 0.500. The zero-order chi connectivity index (χ0) is 18.4. The Bertz CT molecular complexity index is 634. The summed E-state index contributed by atoms with van der Waals surface area (Å²) in [5.74, 6) is -1.20. The van der Waals surface area contributed by atoms with Crippen molar-refractivity contribution in [3.05, 3.63) is 29.8 Å². The van der Waals surface area contributed by atoms with Gasteiger partial charge < -0.3 is 21.1 Å². The standard InChI is InChI=1S/C18H25N3O4/c1-12(2)19-17(25)20-14-7-5-13(6-8-14)16(24)21-18(11-15(22)23)9-3-4-10-18/h5-8,12H,3-4,9-11H2,1-2H3,(H,21,24)(H,22,23)(H2,19,20,25). The van der Waals surface area contributed by atoms with Gasteiger partial charge in [-0.05, 0) is 51.0 Å². The van der Waals surface area contributed by atoms with E-state index in [0.29, 0.717) is 24.1 Å². The second-order valence-electron chi connectivity index (χ2n) is 6.84. The number of carbonyl (C=O) groups excluding carboxylic acids is 2. The van der Waals surface area contributed by atoms with Crippen molar-refractivity contribution in [1.29, 1.82) is 0 Å². The van der Waals surface area contributed by atoms with E-state index in [1.54, 1.807) is 24.3 Å². The van der Waals surface area contributed by atoms with Crippen LogP contribution in [0.2, 0.25) is 0 Å². The van der Waals surface area contributed by atoms with E-state index in [9.17, 15) is 14.4 Å². The largest absolute Gasteiger partial charge is 0.481 e. The number of benzene rings is 1. The first-order chi connectivity index (χ1) is 11.8. The highest BCUT2D eigenvalue weighted by atomic mass is 16.4. The van der Waals surface area contributed by atoms with Crippen molar-refractivity contribution in [3.63, 3.8) is 0 Å². The Morgan fingerprint density at radius 2 is 1.72 bits per heavy atom. The summed E-state index contributed by atoms with van der Waals surface area (Å²) >= 11 is 0. The van der Waals surface area contributed by atoms with E-state index < -0.39 is 11.5 Å². The summed E-state index contributed by atoms with van der Waals surface area (Å²) in [5.41, 5.74) is 0.360. The van der Waals surface area contributed by atoms with Crippen LogP contribution < -0.4 is 16.0 Å². The minimum atomic E-state index is -0.905. The molecule has 0 saturated heterocycles. The average Bonchev–Trinajstić information content (AvgIpc) is 2.94. The van der Waals surface area contributed by atoms with Gasteiger partial charge in [0.05, 0.1) is 12.0 Å². The Hall–Kier alpha value is -2.57. The molecule has 1 aliphatic rings. The zero-order valence-electron chi connectivity index (χ0n) is 14.6. The van der Waals surface area contributed by atoms with Gasteiger partial charge in [-0.2, -0.15) is 0 Å². The number of hydrogen-bond acceptors (Lipinski definition) is 3. The molecule has 1 aromatic carbocycles. The van der Waals surface area contributed by atoms with Crippen LogP contribution in [0.3, 0.4) is 0 Å². The normalized spacial score (nSPS) is 15.6. The second-order valence-corrected chi connectivity index (χ2v) is 6.84. The lowest BCUT2D eigenvalue weighted by molar-refractivity contribution is -0.138. The first kappa shape index (κ1) is 18.8. The van der Waals surface area contributed by atoms with Crippen LogP contribution in [-0.4, -0.2) is 34.6 Å². The lowest BCUT2D eigenvalue weighted by Gasteiger charge is -2.28. The number of anilines is 1. The summed E-state index contributed by atoms with van der Waals surface area (Å²) in [5, 5.41) is 17.4. The van der Waals surface area contributed by atoms with E-state index in [0.717, 1.165) is 12.8 Å². The lowest BCUT2D eigenvalue weighted by atomic mass is 9.92. The third kappa shape index (κ3) is 5.48. The molecule has 0 unspecified atom stereocenters. The van der Waals surface area contributed by atoms with Crippen molar-refractivity contribution in [2.24, 2.45) is 0 Å². The number of nitrogens with one attached hydrogen (secondary N) is 3. The van der Waals surface area contributed by atoms with Crippen molar-refractivity contribution in [1.82, 2.24) is 10.6 Å². The van der Waals surface area contributed by atoms with Crippen LogP contribution in [0, 0.1) is 0 Å². The third-order valence-electron chi connectivity index (χ3n) is 4.25. The first-order valence-electron chi connectivity index (χ1n) is 8.51. The van der Waals surface area contributed by atoms with Gasteiger partial charge in [0, 0.05) is 17.3 Å². The Morgan fingerprint density at radius 1 is 1.12 bits per heavy atom. The molecule has 7 nitrogen and oxygen atoms in total. The van der Waals surface area contributed by atoms with Crippen LogP contribution in [0.25, 0.3) is 0 Å². The molecule has 0 bridgehead atoms. The number of carboxylic acids is 1. The van der Waals surface area contributed by atoms with E-state index in [4.69, 9.17) is 5.11 Å². The fourth-order valence-corrected chi connectivity index (χ4v) is 3.13. The number of rotatable bonds is 6. The molecule has 25 heavy (non-hydrogen) atoms. The van der Waals surface area contributed by atoms with Crippen LogP contribution in [0.4, 0.5) is 10.5 Å². The number of amides is 3. The van der Waals surface area contributed by atoms with Gasteiger partial charge in [0.2, 0.25) is 0 Å². The van der Waals surface area contributed by atoms with Crippen LogP contribution in [-0.2, 0) is 4.79 Å². The van der Waals surface area contributed by atoms with Gasteiger partial charge in [0.25, 0.3) is 5.91 Å². The molecule has 1 aliphatic carbocycles. The van der Waals surface area contributed by atoms with E-state index in [-0.39, 0.29) is 24.4 Å². The molecule has 0 aliphatic heterocycles. The van der Waals surface area contributed by atoms with Crippen molar-refractivity contribution < 1.29 is 19.5 Å². The highest BCUT2D eigenvalue weighted by molar-refractivity contribution is 5.96. The maximum atomic E-state index is 12.5. The van der Waals surface area contributed by atoms with E-state index in [2.05, 4.69) is 16.0 Å². The van der Waals surface area contributed by atoms with Gasteiger partial charge in [0.15, 0.2) is 0 Å². The smallest absolute Gasteiger partial charge is 0.319 e. The Morgan fingerprint density at radius 3 is 2.24 bits per heavy atom. The molecule has 3 amide bonds. The number of carbonyl (C=O) groups is 3. The molecule has 0 spiro atoms. The number of carboxylic acid groups (broad SMARTS) is 1. The molecular formula is C18H25N3O4. The van der Waals surface area contributed by atoms with Gasteiger partial charge in [-0.3, -0.25) is 9.59 Å². The first-order valence-corrected chi connectivity index (χ1v) is 8.51. The predicted molar refractivity (Wildman–Crippen MR) is 94.7 cm³/mol. The highest BCUT2D eigenvalue weighted by Crippen LogP contribution is 2.33. The van der Waals surface area contributed by atoms with E-state index in [1.807, 2.05) is 13.8 Å². The quantitative estimate of drug-likeness (QED) is 0.634. The molecule has 2 rings (SSSR count). The number of urea groups is 1. The monoisotopic (exact) mass is 347 g/mol. The molecule has 0 atom stereocenters. The minimum absolute atomic E-state index is 0.0295. The van der Waals surface area contributed by atoms with Gasteiger partial charge in [-0.15, -0.1) is 0 Å². The summed E-state index contributed by atoms with van der Waals surface area (Å²) in [6, 6.07) is 6.24.